The smallest absolute Gasteiger partial charge is 0.236 e. The van der Waals surface area contributed by atoms with Gasteiger partial charge in [-0.1, -0.05) is 6.92 Å². The molecular weight excluding hydrogens is 234 g/mol. The Morgan fingerprint density at radius 2 is 2.12 bits per heavy atom. The van der Waals surface area contributed by atoms with Crippen LogP contribution in [0.4, 0.5) is 0 Å². The van der Waals surface area contributed by atoms with Crippen molar-refractivity contribution in [2.45, 2.75) is 26.3 Å². The van der Waals surface area contributed by atoms with Crippen molar-refractivity contribution in [1.29, 1.82) is 0 Å². The molecule has 0 aliphatic carbocycles. The molecule has 5 heteroatoms. The fraction of sp³-hybridized carbons (Fsp3) is 0.667. The van der Waals surface area contributed by atoms with Crippen LogP contribution in [0.15, 0.2) is 5.38 Å². The van der Waals surface area contributed by atoms with Gasteiger partial charge in [0.1, 0.15) is 0 Å². The summed E-state index contributed by atoms with van der Waals surface area (Å²) in [6, 6.07) is 0. The highest BCUT2D eigenvalue weighted by atomic mass is 32.1. The van der Waals surface area contributed by atoms with E-state index in [1.165, 1.54) is 5.01 Å². The number of aryl methyl sites for hydroxylation is 1. The molecule has 0 radical (unpaired) electrons. The highest BCUT2D eigenvalue weighted by molar-refractivity contribution is 7.09. The molecule has 0 aromatic carbocycles. The first-order valence-electron chi connectivity index (χ1n) is 5.85. The molecule has 0 aliphatic heterocycles. The van der Waals surface area contributed by atoms with E-state index in [4.69, 9.17) is 0 Å². The van der Waals surface area contributed by atoms with Gasteiger partial charge in [0.2, 0.25) is 5.91 Å². The Labute approximate surface area is 107 Å². The van der Waals surface area contributed by atoms with Crippen LogP contribution in [-0.2, 0) is 17.8 Å². The molecule has 0 aliphatic rings. The first-order valence-corrected chi connectivity index (χ1v) is 6.72. The number of hydrogen-bond donors (Lipinski definition) is 0. The predicted octanol–water partition coefficient (Wildman–Crippen LogP) is 1.62. The average molecular weight is 255 g/mol. The summed E-state index contributed by atoms with van der Waals surface area (Å²) in [5, 5.41) is 3.27. The number of amides is 1. The third-order valence-corrected chi connectivity index (χ3v) is 3.36. The molecule has 1 amide bonds. The highest BCUT2D eigenvalue weighted by Gasteiger charge is 2.10. The molecule has 96 valence electrons. The van der Waals surface area contributed by atoms with Crippen LogP contribution < -0.4 is 0 Å². The molecule has 0 unspecified atom stereocenters. The van der Waals surface area contributed by atoms with Crippen LogP contribution in [0.5, 0.6) is 0 Å². The van der Waals surface area contributed by atoms with Crippen LogP contribution in [0.2, 0.25) is 0 Å². The van der Waals surface area contributed by atoms with E-state index in [1.54, 1.807) is 30.3 Å². The monoisotopic (exact) mass is 255 g/mol. The third-order valence-electron chi connectivity index (χ3n) is 2.40. The lowest BCUT2D eigenvalue weighted by Crippen LogP contribution is -2.34. The standard InChI is InChI=1S/C12H21N3OS/c1-5-6-11-13-10(9-17-11)7-15(4)8-12(16)14(2)3/h9H,5-8H2,1-4H3. The number of carbonyl (C=O) groups excluding carboxylic acids is 1. The van der Waals surface area contributed by atoms with Crippen LogP contribution in [0, 0.1) is 0 Å². The van der Waals surface area contributed by atoms with Gasteiger partial charge >= 0.3 is 0 Å². The van der Waals surface area contributed by atoms with Crippen molar-refractivity contribution < 1.29 is 4.79 Å². The molecule has 1 heterocycles. The molecule has 0 bridgehead atoms. The van der Waals surface area contributed by atoms with Gasteiger partial charge in [0.05, 0.1) is 17.2 Å². The first-order chi connectivity index (χ1) is 8.02. The van der Waals surface area contributed by atoms with Crippen molar-refractivity contribution in [3.8, 4) is 0 Å². The lowest BCUT2D eigenvalue weighted by atomic mass is 10.3. The number of likely N-dealkylation sites (N-methyl/N-ethyl adjacent to an activating group) is 2. The number of carbonyl (C=O) groups is 1. The van der Waals surface area contributed by atoms with Gasteiger partial charge in [0.15, 0.2) is 0 Å². The maximum absolute atomic E-state index is 11.5. The van der Waals surface area contributed by atoms with Crippen molar-refractivity contribution in [2.24, 2.45) is 0 Å². The Hall–Kier alpha value is -0.940. The summed E-state index contributed by atoms with van der Waals surface area (Å²) < 4.78 is 0. The average Bonchev–Trinajstić information content (AvgIpc) is 2.65. The minimum atomic E-state index is 0.122. The summed E-state index contributed by atoms with van der Waals surface area (Å²) >= 11 is 1.71. The number of nitrogens with zero attached hydrogens (tertiary/aromatic N) is 3. The molecule has 0 atom stereocenters. The van der Waals surface area contributed by atoms with Gasteiger partial charge < -0.3 is 4.90 Å². The van der Waals surface area contributed by atoms with E-state index in [0.717, 1.165) is 25.1 Å². The minimum Gasteiger partial charge on any atom is -0.348 e. The van der Waals surface area contributed by atoms with E-state index >= 15 is 0 Å². The van der Waals surface area contributed by atoms with Crippen molar-refractivity contribution in [1.82, 2.24) is 14.8 Å². The zero-order chi connectivity index (χ0) is 12.8. The van der Waals surface area contributed by atoms with Crippen LogP contribution in [0.3, 0.4) is 0 Å². The number of thiazole rings is 1. The lowest BCUT2D eigenvalue weighted by Gasteiger charge is -2.17. The molecule has 0 spiro atoms. The van der Waals surface area contributed by atoms with Gasteiger partial charge in [0.25, 0.3) is 0 Å². The van der Waals surface area contributed by atoms with Crippen LogP contribution in [0.25, 0.3) is 0 Å². The summed E-state index contributed by atoms with van der Waals surface area (Å²) in [5.74, 6) is 0.122. The van der Waals surface area contributed by atoms with Gasteiger partial charge in [-0.15, -0.1) is 11.3 Å². The van der Waals surface area contributed by atoms with Crippen LogP contribution in [0.1, 0.15) is 24.0 Å². The second kappa shape index (κ2) is 6.71. The third kappa shape index (κ3) is 4.83. The molecule has 4 nitrogen and oxygen atoms in total. The van der Waals surface area contributed by atoms with Crippen molar-refractivity contribution in [3.05, 3.63) is 16.1 Å². The van der Waals surface area contributed by atoms with Crippen molar-refractivity contribution in [3.63, 3.8) is 0 Å². The molecule has 17 heavy (non-hydrogen) atoms. The maximum Gasteiger partial charge on any atom is 0.236 e. The first kappa shape index (κ1) is 14.1. The van der Waals surface area contributed by atoms with Crippen molar-refractivity contribution in [2.75, 3.05) is 27.7 Å². The normalized spacial score (nSPS) is 10.9. The van der Waals surface area contributed by atoms with Crippen molar-refractivity contribution >= 4 is 17.2 Å². The summed E-state index contributed by atoms with van der Waals surface area (Å²) in [6.07, 6.45) is 2.17. The van der Waals surface area contributed by atoms with E-state index in [2.05, 4.69) is 17.3 Å². The molecule has 0 saturated heterocycles. The maximum atomic E-state index is 11.5. The second-order valence-electron chi connectivity index (χ2n) is 4.44. The van der Waals surface area contributed by atoms with Gasteiger partial charge in [-0.25, -0.2) is 4.98 Å². The minimum absolute atomic E-state index is 0.122. The topological polar surface area (TPSA) is 36.4 Å². The van der Waals surface area contributed by atoms with Gasteiger partial charge in [0, 0.05) is 26.0 Å². The summed E-state index contributed by atoms with van der Waals surface area (Å²) in [4.78, 5) is 19.7. The predicted molar refractivity (Wildman–Crippen MR) is 71.1 cm³/mol. The number of hydrogen-bond acceptors (Lipinski definition) is 4. The van der Waals surface area contributed by atoms with E-state index in [9.17, 15) is 4.79 Å². The summed E-state index contributed by atoms with van der Waals surface area (Å²) in [6.45, 7) is 3.33. The number of aromatic nitrogens is 1. The molecule has 0 N–H and O–H groups in total. The Balaban J connectivity index is 2.44. The van der Waals surface area contributed by atoms with Gasteiger partial charge in [-0.2, -0.15) is 0 Å². The molecule has 1 aromatic heterocycles. The van der Waals surface area contributed by atoms with Gasteiger partial charge in [-0.3, -0.25) is 9.69 Å². The highest BCUT2D eigenvalue weighted by Crippen LogP contribution is 2.12. The molecule has 1 rings (SSSR count). The fourth-order valence-corrected chi connectivity index (χ4v) is 2.35. The number of rotatable bonds is 6. The Morgan fingerprint density at radius 1 is 1.41 bits per heavy atom. The SMILES string of the molecule is CCCc1nc(CN(C)CC(=O)N(C)C)cs1. The van der Waals surface area contributed by atoms with Crippen LogP contribution in [-0.4, -0.2) is 48.4 Å². The van der Waals surface area contributed by atoms with E-state index in [-0.39, 0.29) is 5.91 Å². The quantitative estimate of drug-likeness (QED) is 0.775. The zero-order valence-electron chi connectivity index (χ0n) is 11.1. The Bertz CT molecular complexity index is 362. The largest absolute Gasteiger partial charge is 0.348 e. The molecule has 0 saturated carbocycles. The van der Waals surface area contributed by atoms with Gasteiger partial charge in [-0.05, 0) is 19.9 Å². The fourth-order valence-electron chi connectivity index (χ4n) is 1.46. The van der Waals surface area contributed by atoms with E-state index in [0.29, 0.717) is 6.54 Å². The van der Waals surface area contributed by atoms with Crippen LogP contribution >= 0.6 is 11.3 Å². The zero-order valence-corrected chi connectivity index (χ0v) is 11.9. The van der Waals surface area contributed by atoms with E-state index in [1.807, 2.05) is 11.9 Å². The Morgan fingerprint density at radius 3 is 2.71 bits per heavy atom. The summed E-state index contributed by atoms with van der Waals surface area (Å²) in [7, 11) is 5.50. The molecule has 1 aromatic rings. The van der Waals surface area contributed by atoms with E-state index < -0.39 is 0 Å². The second-order valence-corrected chi connectivity index (χ2v) is 5.39. The lowest BCUT2D eigenvalue weighted by molar-refractivity contribution is -0.129. The Kier molecular flexibility index (Phi) is 5.58. The summed E-state index contributed by atoms with van der Waals surface area (Å²) in [5.41, 5.74) is 1.06. The molecule has 0 fully saturated rings. The molecular formula is C12H21N3OS.